The van der Waals surface area contributed by atoms with Crippen molar-refractivity contribution in [3.8, 4) is 11.3 Å². The summed E-state index contributed by atoms with van der Waals surface area (Å²) in [4.78, 5) is 12.0. The highest BCUT2D eigenvalue weighted by atomic mass is 127. The normalized spacial score (nSPS) is 11.1. The second-order valence-corrected chi connectivity index (χ2v) is 4.65. The van der Waals surface area contributed by atoms with E-state index in [1.165, 1.54) is 0 Å². The summed E-state index contributed by atoms with van der Waals surface area (Å²) < 4.78 is 2.83. The van der Waals surface area contributed by atoms with Gasteiger partial charge in [-0.15, -0.1) is 0 Å². The zero-order valence-corrected chi connectivity index (χ0v) is 10.6. The number of rotatable bonds is 1. The molecule has 0 radical (unpaired) electrons. The third-order valence-electron chi connectivity index (χ3n) is 2.33. The Morgan fingerprint density at radius 1 is 1.38 bits per heavy atom. The van der Waals surface area contributed by atoms with Crippen molar-refractivity contribution in [2.75, 3.05) is 0 Å². The lowest BCUT2D eigenvalue weighted by atomic mass is 10.3. The van der Waals surface area contributed by atoms with E-state index in [0.29, 0.717) is 0 Å². The quantitative estimate of drug-likeness (QED) is 0.696. The van der Waals surface area contributed by atoms with Gasteiger partial charge in [-0.05, 0) is 22.6 Å². The third-order valence-corrected chi connectivity index (χ3v) is 3.16. The fraction of sp³-hybridized carbons (Fsp3) is 0.100. The molecule has 3 rings (SSSR count). The second kappa shape index (κ2) is 3.55. The Bertz CT molecular complexity index is 654. The Balaban J connectivity index is 2.21. The van der Waals surface area contributed by atoms with Gasteiger partial charge in [0.25, 0.3) is 0 Å². The van der Waals surface area contributed by atoms with Gasteiger partial charge in [0, 0.05) is 25.0 Å². The van der Waals surface area contributed by atoms with Crippen LogP contribution in [0.5, 0.6) is 0 Å². The first-order chi connectivity index (χ1) is 7.74. The number of aromatic nitrogens is 5. The van der Waals surface area contributed by atoms with E-state index in [9.17, 15) is 0 Å². The maximum absolute atomic E-state index is 4.56. The number of halogens is 1. The van der Waals surface area contributed by atoms with Gasteiger partial charge in [-0.25, -0.2) is 9.97 Å². The molecule has 16 heavy (non-hydrogen) atoms. The Kier molecular flexibility index (Phi) is 2.16. The van der Waals surface area contributed by atoms with Crippen molar-refractivity contribution < 1.29 is 0 Å². The first-order valence-corrected chi connectivity index (χ1v) is 5.80. The maximum atomic E-state index is 4.56. The molecule has 80 valence electrons. The van der Waals surface area contributed by atoms with Gasteiger partial charge in [0.2, 0.25) is 0 Å². The van der Waals surface area contributed by atoms with Crippen LogP contribution in [-0.4, -0.2) is 24.7 Å². The van der Waals surface area contributed by atoms with E-state index in [0.717, 1.165) is 26.0 Å². The van der Waals surface area contributed by atoms with Crippen LogP contribution in [0.15, 0.2) is 24.8 Å². The molecular formula is C10H8IN5. The minimum Gasteiger partial charge on any atom is -0.344 e. The summed E-state index contributed by atoms with van der Waals surface area (Å²) >= 11 is 2.24. The van der Waals surface area contributed by atoms with E-state index in [4.69, 9.17) is 0 Å². The number of aryl methyl sites for hydroxylation is 1. The topological polar surface area (TPSA) is 59.4 Å². The average molecular weight is 325 g/mol. The van der Waals surface area contributed by atoms with Crippen LogP contribution in [-0.2, 0) is 7.05 Å². The minimum absolute atomic E-state index is 0.817. The van der Waals surface area contributed by atoms with E-state index in [2.05, 4.69) is 42.6 Å². The Labute approximate surface area is 105 Å². The fourth-order valence-corrected chi connectivity index (χ4v) is 2.09. The predicted molar refractivity (Wildman–Crippen MR) is 68.8 cm³/mol. The van der Waals surface area contributed by atoms with Crippen molar-refractivity contribution >= 4 is 33.8 Å². The van der Waals surface area contributed by atoms with Crippen LogP contribution in [0.3, 0.4) is 0 Å². The lowest BCUT2D eigenvalue weighted by Crippen LogP contribution is -1.87. The summed E-state index contributed by atoms with van der Waals surface area (Å²) in [6.07, 6.45) is 7.37. The number of H-pyrrole nitrogens is 1. The lowest BCUT2D eigenvalue weighted by Gasteiger charge is -1.96. The van der Waals surface area contributed by atoms with Crippen molar-refractivity contribution in [1.82, 2.24) is 24.7 Å². The molecule has 0 saturated carbocycles. The molecule has 3 aromatic heterocycles. The third kappa shape index (κ3) is 1.49. The molecule has 1 N–H and O–H groups in total. The highest BCUT2D eigenvalue weighted by Crippen LogP contribution is 2.21. The molecule has 5 nitrogen and oxygen atoms in total. The Morgan fingerprint density at radius 2 is 2.25 bits per heavy atom. The van der Waals surface area contributed by atoms with E-state index < -0.39 is 0 Å². The van der Waals surface area contributed by atoms with Crippen molar-refractivity contribution in [3.05, 3.63) is 28.4 Å². The van der Waals surface area contributed by atoms with Gasteiger partial charge in [0.05, 0.1) is 21.7 Å². The molecular weight excluding hydrogens is 317 g/mol. The second-order valence-electron chi connectivity index (χ2n) is 3.49. The average Bonchev–Trinajstić information content (AvgIpc) is 2.86. The molecule has 0 aliphatic heterocycles. The molecule has 0 aliphatic rings. The fourth-order valence-electron chi connectivity index (χ4n) is 1.55. The summed E-state index contributed by atoms with van der Waals surface area (Å²) in [6, 6.07) is 0. The molecule has 0 aromatic carbocycles. The van der Waals surface area contributed by atoms with E-state index in [-0.39, 0.29) is 0 Å². The van der Waals surface area contributed by atoms with Gasteiger partial charge in [-0.2, -0.15) is 5.10 Å². The summed E-state index contributed by atoms with van der Waals surface area (Å²) in [7, 11) is 1.88. The van der Waals surface area contributed by atoms with E-state index in [1.807, 2.05) is 19.4 Å². The molecule has 0 unspecified atom stereocenters. The molecule has 6 heteroatoms. The van der Waals surface area contributed by atoms with E-state index >= 15 is 0 Å². The van der Waals surface area contributed by atoms with Crippen LogP contribution in [0.25, 0.3) is 22.4 Å². The highest BCUT2D eigenvalue weighted by molar-refractivity contribution is 14.1. The molecule has 0 amide bonds. The summed E-state index contributed by atoms with van der Waals surface area (Å²) in [6.45, 7) is 0. The Hall–Kier alpha value is -1.44. The number of nitrogens with zero attached hydrogens (tertiary/aromatic N) is 4. The van der Waals surface area contributed by atoms with Crippen LogP contribution >= 0.6 is 22.6 Å². The van der Waals surface area contributed by atoms with Gasteiger partial charge in [-0.1, -0.05) is 0 Å². The van der Waals surface area contributed by atoms with Gasteiger partial charge in [0.15, 0.2) is 5.65 Å². The number of nitrogens with one attached hydrogen (secondary N) is 1. The minimum atomic E-state index is 0.817. The molecule has 0 atom stereocenters. The number of aromatic amines is 1. The van der Waals surface area contributed by atoms with Crippen LogP contribution < -0.4 is 0 Å². The van der Waals surface area contributed by atoms with Gasteiger partial charge < -0.3 is 4.98 Å². The Morgan fingerprint density at radius 3 is 3.00 bits per heavy atom. The summed E-state index contributed by atoms with van der Waals surface area (Å²) in [5.41, 5.74) is 3.55. The molecule has 0 spiro atoms. The van der Waals surface area contributed by atoms with Crippen LogP contribution in [0.4, 0.5) is 0 Å². The van der Waals surface area contributed by atoms with Crippen molar-refractivity contribution in [2.24, 2.45) is 7.05 Å². The zero-order valence-electron chi connectivity index (χ0n) is 8.48. The number of fused-ring (bicyclic) bond motifs is 1. The molecule has 0 saturated heterocycles. The molecule has 3 aromatic rings. The summed E-state index contributed by atoms with van der Waals surface area (Å²) in [5.74, 6) is 0. The van der Waals surface area contributed by atoms with E-state index in [1.54, 1.807) is 17.1 Å². The largest absolute Gasteiger partial charge is 0.344 e. The maximum Gasteiger partial charge on any atom is 0.157 e. The van der Waals surface area contributed by atoms with Gasteiger partial charge in [0.1, 0.15) is 5.52 Å². The summed E-state index contributed by atoms with van der Waals surface area (Å²) in [5, 5.41) is 4.12. The first kappa shape index (κ1) is 9.76. The van der Waals surface area contributed by atoms with Crippen molar-refractivity contribution in [1.29, 1.82) is 0 Å². The number of hydrogen-bond donors (Lipinski definition) is 1. The first-order valence-electron chi connectivity index (χ1n) is 4.72. The van der Waals surface area contributed by atoms with Gasteiger partial charge in [-0.3, -0.25) is 4.68 Å². The van der Waals surface area contributed by atoms with Crippen molar-refractivity contribution in [3.63, 3.8) is 0 Å². The molecule has 0 bridgehead atoms. The van der Waals surface area contributed by atoms with Crippen LogP contribution in [0.1, 0.15) is 0 Å². The van der Waals surface area contributed by atoms with Gasteiger partial charge >= 0.3 is 0 Å². The highest BCUT2D eigenvalue weighted by Gasteiger charge is 2.07. The van der Waals surface area contributed by atoms with Crippen molar-refractivity contribution in [2.45, 2.75) is 0 Å². The monoisotopic (exact) mass is 325 g/mol. The molecule has 0 fully saturated rings. The smallest absolute Gasteiger partial charge is 0.157 e. The SMILES string of the molecule is Cn1cc(-c2cnc3[nH]cc(I)c3n2)cn1. The lowest BCUT2D eigenvalue weighted by molar-refractivity contribution is 0.768. The number of hydrogen-bond acceptors (Lipinski definition) is 3. The zero-order chi connectivity index (χ0) is 11.1. The molecule has 0 aliphatic carbocycles. The van der Waals surface area contributed by atoms with Crippen LogP contribution in [0, 0.1) is 3.57 Å². The molecule has 3 heterocycles. The predicted octanol–water partition coefficient (Wildman–Crippen LogP) is 1.96. The standard InChI is InChI=1S/C10H8IN5/c1-16-5-6(2-14-16)8-4-13-10-9(15-8)7(11)3-12-10/h2-5H,1H3,(H,12,13). The van der Waals surface area contributed by atoms with Crippen LogP contribution in [0.2, 0.25) is 0 Å².